The lowest BCUT2D eigenvalue weighted by atomic mass is 10.2. The number of hydrogen-bond donors (Lipinski definition) is 1. The molecular weight excluding hydrogens is 86.1 g/mol. The molecule has 0 unspecified atom stereocenters. The lowest BCUT2D eigenvalue weighted by molar-refractivity contribution is 1.24. The maximum Gasteiger partial charge on any atom is 0.00783 e. The van der Waals surface area contributed by atoms with Crippen molar-refractivity contribution in [1.29, 1.82) is 0 Å². The Morgan fingerprint density at radius 3 is 2.00 bits per heavy atom. The van der Waals surface area contributed by atoms with Gasteiger partial charge in [-0.15, -0.1) is 0 Å². The Morgan fingerprint density at radius 1 is 1.57 bits per heavy atom. The maximum atomic E-state index is 5.35. The quantitative estimate of drug-likeness (QED) is 0.492. The van der Waals surface area contributed by atoms with E-state index in [0.717, 1.165) is 11.3 Å². The average Bonchev–Trinajstić information content (AvgIpc) is 1.65. The highest BCUT2D eigenvalue weighted by Gasteiger charge is 1.79. The minimum absolute atomic E-state index is 0.843. The second kappa shape index (κ2) is 2.45. The summed E-state index contributed by atoms with van der Waals surface area (Å²) in [5.41, 5.74) is 7.25. The van der Waals surface area contributed by atoms with E-state index in [-0.39, 0.29) is 0 Å². The van der Waals surface area contributed by atoms with E-state index in [1.165, 1.54) is 0 Å². The molecule has 2 N–H and O–H groups in total. The first-order chi connectivity index (χ1) is 3.18. The Bertz CT molecular complexity index is 96.7. The molecule has 1 heteroatoms. The van der Waals surface area contributed by atoms with Gasteiger partial charge in [0.05, 0.1) is 0 Å². The average molecular weight is 97.2 g/mol. The van der Waals surface area contributed by atoms with Crippen molar-refractivity contribution in [3.8, 4) is 0 Å². The van der Waals surface area contributed by atoms with Crippen LogP contribution in [0.5, 0.6) is 0 Å². The van der Waals surface area contributed by atoms with Crippen molar-refractivity contribution in [3.63, 3.8) is 0 Å². The molecule has 0 spiro atoms. The second-order valence-electron chi connectivity index (χ2n) is 1.57. The second-order valence-corrected chi connectivity index (χ2v) is 1.57. The molecule has 0 saturated heterocycles. The van der Waals surface area contributed by atoms with Gasteiger partial charge in [0.2, 0.25) is 0 Å². The molecule has 0 atom stereocenters. The van der Waals surface area contributed by atoms with Crippen molar-refractivity contribution in [2.75, 3.05) is 0 Å². The van der Waals surface area contributed by atoms with Crippen LogP contribution in [-0.2, 0) is 0 Å². The van der Waals surface area contributed by atoms with E-state index in [2.05, 4.69) is 6.58 Å². The van der Waals surface area contributed by atoms with E-state index in [1.807, 2.05) is 13.8 Å². The summed E-state index contributed by atoms with van der Waals surface area (Å²) in [5.74, 6) is 0. The summed E-state index contributed by atoms with van der Waals surface area (Å²) in [6, 6.07) is 0. The molecule has 0 radical (unpaired) electrons. The van der Waals surface area contributed by atoms with Crippen molar-refractivity contribution >= 4 is 0 Å². The van der Waals surface area contributed by atoms with E-state index >= 15 is 0 Å². The van der Waals surface area contributed by atoms with Gasteiger partial charge in [0.1, 0.15) is 0 Å². The standard InChI is InChI=1S/C6H11N/c1-4-5(2)6(3)7/h4H,1,7H2,2-3H3/b6-5+. The van der Waals surface area contributed by atoms with Gasteiger partial charge in [-0.25, -0.2) is 0 Å². The topological polar surface area (TPSA) is 26.0 Å². The van der Waals surface area contributed by atoms with Crippen molar-refractivity contribution < 1.29 is 0 Å². The maximum absolute atomic E-state index is 5.35. The van der Waals surface area contributed by atoms with E-state index in [4.69, 9.17) is 5.73 Å². The van der Waals surface area contributed by atoms with Crippen LogP contribution in [0.1, 0.15) is 13.8 Å². The first kappa shape index (κ1) is 6.28. The minimum Gasteiger partial charge on any atom is -0.402 e. The molecule has 0 heterocycles. The van der Waals surface area contributed by atoms with E-state index in [1.54, 1.807) is 6.08 Å². The smallest absolute Gasteiger partial charge is 0.00783 e. The summed E-state index contributed by atoms with van der Waals surface area (Å²) >= 11 is 0. The zero-order chi connectivity index (χ0) is 5.86. The van der Waals surface area contributed by atoms with Crippen LogP contribution < -0.4 is 5.73 Å². The zero-order valence-corrected chi connectivity index (χ0v) is 4.86. The predicted molar refractivity (Wildman–Crippen MR) is 32.8 cm³/mol. The number of rotatable bonds is 1. The van der Waals surface area contributed by atoms with Crippen LogP contribution >= 0.6 is 0 Å². The van der Waals surface area contributed by atoms with E-state index < -0.39 is 0 Å². The highest BCUT2D eigenvalue weighted by Crippen LogP contribution is 1.94. The fourth-order valence-electron chi connectivity index (χ4n) is 0.161. The molecule has 7 heavy (non-hydrogen) atoms. The van der Waals surface area contributed by atoms with Gasteiger partial charge in [-0.2, -0.15) is 0 Å². The number of allylic oxidation sites excluding steroid dienone is 3. The van der Waals surface area contributed by atoms with Gasteiger partial charge in [-0.3, -0.25) is 0 Å². The van der Waals surface area contributed by atoms with Gasteiger partial charge >= 0.3 is 0 Å². The molecule has 1 nitrogen and oxygen atoms in total. The Kier molecular flexibility index (Phi) is 2.20. The third-order valence-corrected chi connectivity index (χ3v) is 0.928. The van der Waals surface area contributed by atoms with Crippen LogP contribution in [0.15, 0.2) is 23.9 Å². The molecule has 0 aliphatic rings. The van der Waals surface area contributed by atoms with E-state index in [0.29, 0.717) is 0 Å². The largest absolute Gasteiger partial charge is 0.402 e. The molecule has 0 aromatic carbocycles. The predicted octanol–water partition coefficient (Wildman–Crippen LogP) is 1.43. The molecule has 0 saturated carbocycles. The van der Waals surface area contributed by atoms with Crippen LogP contribution in [-0.4, -0.2) is 0 Å². The summed E-state index contributed by atoms with van der Waals surface area (Å²) in [7, 11) is 0. The van der Waals surface area contributed by atoms with Gasteiger partial charge in [0.15, 0.2) is 0 Å². The summed E-state index contributed by atoms with van der Waals surface area (Å²) in [6.07, 6.45) is 1.75. The van der Waals surface area contributed by atoms with Gasteiger partial charge in [-0.05, 0) is 19.4 Å². The molecule has 40 valence electrons. The third-order valence-electron chi connectivity index (χ3n) is 0.928. The Balaban J connectivity index is 3.98. The molecule has 0 fully saturated rings. The first-order valence-corrected chi connectivity index (χ1v) is 2.24. The van der Waals surface area contributed by atoms with Crippen LogP contribution in [0.25, 0.3) is 0 Å². The Morgan fingerprint density at radius 2 is 2.00 bits per heavy atom. The molecule has 0 aromatic rings. The highest BCUT2D eigenvalue weighted by molar-refractivity contribution is 5.17. The van der Waals surface area contributed by atoms with Gasteiger partial charge < -0.3 is 5.73 Å². The van der Waals surface area contributed by atoms with Crippen molar-refractivity contribution in [2.45, 2.75) is 13.8 Å². The van der Waals surface area contributed by atoms with Crippen LogP contribution in [0.3, 0.4) is 0 Å². The number of hydrogen-bond acceptors (Lipinski definition) is 1. The van der Waals surface area contributed by atoms with Crippen LogP contribution in [0.4, 0.5) is 0 Å². The van der Waals surface area contributed by atoms with Crippen molar-refractivity contribution in [2.24, 2.45) is 5.73 Å². The normalized spacial score (nSPS) is 12.9. The molecule has 0 aliphatic carbocycles. The van der Waals surface area contributed by atoms with Gasteiger partial charge in [0, 0.05) is 5.70 Å². The molecule has 0 rings (SSSR count). The fourth-order valence-corrected chi connectivity index (χ4v) is 0.161. The van der Waals surface area contributed by atoms with Crippen molar-refractivity contribution in [3.05, 3.63) is 23.9 Å². The third kappa shape index (κ3) is 2.04. The monoisotopic (exact) mass is 97.1 g/mol. The summed E-state index contributed by atoms with van der Waals surface area (Å²) < 4.78 is 0. The minimum atomic E-state index is 0.843. The molecule has 0 bridgehead atoms. The summed E-state index contributed by atoms with van der Waals surface area (Å²) in [5, 5.41) is 0. The first-order valence-electron chi connectivity index (χ1n) is 2.24. The molecular formula is C6H11N. The SMILES string of the molecule is C=C/C(C)=C(\C)N. The van der Waals surface area contributed by atoms with Crippen LogP contribution in [0.2, 0.25) is 0 Å². The van der Waals surface area contributed by atoms with Crippen molar-refractivity contribution in [1.82, 2.24) is 0 Å². The number of nitrogens with two attached hydrogens (primary N) is 1. The lowest BCUT2D eigenvalue weighted by Crippen LogP contribution is -1.92. The zero-order valence-electron chi connectivity index (χ0n) is 4.86. The lowest BCUT2D eigenvalue weighted by Gasteiger charge is -1.90. The van der Waals surface area contributed by atoms with Crippen LogP contribution in [0, 0.1) is 0 Å². The molecule has 0 amide bonds. The highest BCUT2D eigenvalue weighted by atomic mass is 14.5. The Hall–Kier alpha value is -0.720. The Labute approximate surface area is 44.5 Å². The molecule has 0 aliphatic heterocycles. The summed E-state index contributed by atoms with van der Waals surface area (Å²) in [6.45, 7) is 7.33. The molecule has 0 aromatic heterocycles. The summed E-state index contributed by atoms with van der Waals surface area (Å²) in [4.78, 5) is 0. The van der Waals surface area contributed by atoms with Gasteiger partial charge in [-0.1, -0.05) is 12.7 Å². The van der Waals surface area contributed by atoms with Gasteiger partial charge in [0.25, 0.3) is 0 Å². The van der Waals surface area contributed by atoms with E-state index in [9.17, 15) is 0 Å². The fraction of sp³-hybridized carbons (Fsp3) is 0.333.